The summed E-state index contributed by atoms with van der Waals surface area (Å²) in [6.07, 6.45) is 0.989. The number of ketones is 1. The maximum absolute atomic E-state index is 12.2. The van der Waals surface area contributed by atoms with Crippen LogP contribution in [0, 0.1) is 10.1 Å². The van der Waals surface area contributed by atoms with Crippen molar-refractivity contribution in [1.29, 1.82) is 0 Å². The first kappa shape index (κ1) is 17.3. The number of hydrogen-bond donors (Lipinski definition) is 0. The number of hydrogen-bond acceptors (Lipinski definition) is 5. The van der Waals surface area contributed by atoms with Gasteiger partial charge in [0, 0.05) is 17.7 Å². The molecule has 0 saturated carbocycles. The molecule has 0 heterocycles. The lowest BCUT2D eigenvalue weighted by atomic mass is 10.1. The van der Waals surface area contributed by atoms with Crippen molar-refractivity contribution in [3.63, 3.8) is 0 Å². The summed E-state index contributed by atoms with van der Waals surface area (Å²) in [7, 11) is 4.04. The van der Waals surface area contributed by atoms with Gasteiger partial charge in [-0.1, -0.05) is 19.1 Å². The quantitative estimate of drug-likeness (QED) is 0.396. The lowest BCUT2D eigenvalue weighted by Crippen LogP contribution is -2.32. The highest BCUT2D eigenvalue weighted by Crippen LogP contribution is 2.14. The van der Waals surface area contributed by atoms with Crippen LogP contribution in [0.3, 0.4) is 0 Å². The van der Waals surface area contributed by atoms with Crippen molar-refractivity contribution < 1.29 is 9.72 Å². The summed E-state index contributed by atoms with van der Waals surface area (Å²) >= 11 is 0. The van der Waals surface area contributed by atoms with E-state index in [2.05, 4.69) is 9.80 Å². The van der Waals surface area contributed by atoms with Gasteiger partial charge in [0.1, 0.15) is 0 Å². The lowest BCUT2D eigenvalue weighted by Gasteiger charge is -2.20. The van der Waals surface area contributed by atoms with E-state index < -0.39 is 4.92 Å². The van der Waals surface area contributed by atoms with Gasteiger partial charge in [-0.3, -0.25) is 19.8 Å². The lowest BCUT2D eigenvalue weighted by molar-refractivity contribution is -0.384. The van der Waals surface area contributed by atoms with Crippen molar-refractivity contribution in [1.82, 2.24) is 9.80 Å². The first-order valence-corrected chi connectivity index (χ1v) is 7.08. The molecule has 0 aliphatic carbocycles. The van der Waals surface area contributed by atoms with Crippen LogP contribution in [0.1, 0.15) is 23.7 Å². The van der Waals surface area contributed by atoms with Crippen molar-refractivity contribution in [2.75, 3.05) is 40.3 Å². The predicted molar refractivity (Wildman–Crippen MR) is 82.7 cm³/mol. The van der Waals surface area contributed by atoms with Crippen LogP contribution in [0.15, 0.2) is 24.3 Å². The summed E-state index contributed by atoms with van der Waals surface area (Å²) < 4.78 is 0. The van der Waals surface area contributed by atoms with Crippen molar-refractivity contribution in [3.05, 3.63) is 39.9 Å². The molecule has 0 spiro atoms. The molecule has 0 saturated heterocycles. The van der Waals surface area contributed by atoms with E-state index in [1.54, 1.807) is 12.1 Å². The average Bonchev–Trinajstić information content (AvgIpc) is 2.45. The molecule has 0 radical (unpaired) electrons. The molecule has 0 bridgehead atoms. The maximum atomic E-state index is 12.2. The fourth-order valence-electron chi connectivity index (χ4n) is 2.05. The average molecular weight is 293 g/mol. The Balaban J connectivity index is 2.61. The third kappa shape index (κ3) is 6.01. The second-order valence-electron chi connectivity index (χ2n) is 5.26. The summed E-state index contributed by atoms with van der Waals surface area (Å²) in [5.74, 6) is -0.0783. The van der Waals surface area contributed by atoms with Crippen LogP contribution in [0.25, 0.3) is 0 Å². The van der Waals surface area contributed by atoms with E-state index in [1.165, 1.54) is 12.1 Å². The van der Waals surface area contributed by atoms with Crippen molar-refractivity contribution in [2.24, 2.45) is 0 Å². The smallest absolute Gasteiger partial charge is 0.270 e. The predicted octanol–water partition coefficient (Wildman–Crippen LogP) is 2.05. The van der Waals surface area contributed by atoms with Crippen LogP contribution < -0.4 is 0 Å². The topological polar surface area (TPSA) is 66.7 Å². The van der Waals surface area contributed by atoms with Crippen LogP contribution >= 0.6 is 0 Å². The van der Waals surface area contributed by atoms with E-state index in [-0.39, 0.29) is 11.5 Å². The molecule has 0 fully saturated rings. The summed E-state index contributed by atoms with van der Waals surface area (Å²) in [4.78, 5) is 26.6. The Kier molecular flexibility index (Phi) is 6.98. The third-order valence-electron chi connectivity index (χ3n) is 3.27. The van der Waals surface area contributed by atoms with Gasteiger partial charge in [0.25, 0.3) is 5.69 Å². The van der Waals surface area contributed by atoms with Gasteiger partial charge in [0.2, 0.25) is 0 Å². The van der Waals surface area contributed by atoms with E-state index in [1.807, 2.05) is 21.0 Å². The molecule has 1 aromatic carbocycles. The highest BCUT2D eigenvalue weighted by molar-refractivity contribution is 5.98. The second-order valence-corrected chi connectivity index (χ2v) is 5.26. The van der Waals surface area contributed by atoms with Crippen LogP contribution in [-0.2, 0) is 0 Å². The first-order chi connectivity index (χ1) is 9.93. The van der Waals surface area contributed by atoms with Crippen molar-refractivity contribution in [3.8, 4) is 0 Å². The number of carbonyl (C=O) groups is 1. The van der Waals surface area contributed by atoms with Gasteiger partial charge in [-0.05, 0) is 40.2 Å². The van der Waals surface area contributed by atoms with Gasteiger partial charge < -0.3 is 4.90 Å². The van der Waals surface area contributed by atoms with E-state index in [0.29, 0.717) is 12.1 Å². The molecule has 0 N–H and O–H groups in total. The SMILES string of the molecule is CCN(CCCN(C)C)CC(=O)c1cccc([N+](=O)[O-])c1. The zero-order valence-electron chi connectivity index (χ0n) is 12.9. The van der Waals surface area contributed by atoms with E-state index in [9.17, 15) is 14.9 Å². The van der Waals surface area contributed by atoms with Gasteiger partial charge in [-0.2, -0.15) is 0 Å². The Morgan fingerprint density at radius 2 is 2.00 bits per heavy atom. The standard InChI is InChI=1S/C15H23N3O3/c1-4-17(10-6-9-16(2)3)12-15(19)13-7-5-8-14(11-13)18(20)21/h5,7-8,11H,4,6,9-10,12H2,1-3H3. The molecule has 6 nitrogen and oxygen atoms in total. The van der Waals surface area contributed by atoms with Gasteiger partial charge in [-0.25, -0.2) is 0 Å². The Labute approximate surface area is 125 Å². The molecule has 116 valence electrons. The van der Waals surface area contributed by atoms with Crippen LogP contribution in [0.2, 0.25) is 0 Å². The Morgan fingerprint density at radius 3 is 2.57 bits per heavy atom. The molecular weight excluding hydrogens is 270 g/mol. The molecule has 0 aliphatic heterocycles. The first-order valence-electron chi connectivity index (χ1n) is 7.08. The number of likely N-dealkylation sites (N-methyl/N-ethyl adjacent to an activating group) is 1. The van der Waals surface area contributed by atoms with E-state index >= 15 is 0 Å². The summed E-state index contributed by atoms with van der Waals surface area (Å²) in [5, 5.41) is 10.7. The summed E-state index contributed by atoms with van der Waals surface area (Å²) in [6, 6.07) is 5.91. The Hall–Kier alpha value is -1.79. The minimum absolute atomic E-state index is 0.0449. The molecule has 21 heavy (non-hydrogen) atoms. The fourth-order valence-corrected chi connectivity index (χ4v) is 2.05. The zero-order chi connectivity index (χ0) is 15.8. The van der Waals surface area contributed by atoms with E-state index in [0.717, 1.165) is 26.1 Å². The third-order valence-corrected chi connectivity index (χ3v) is 3.27. The van der Waals surface area contributed by atoms with Crippen LogP contribution in [0.4, 0.5) is 5.69 Å². The summed E-state index contributed by atoms with van der Waals surface area (Å²) in [5.41, 5.74) is 0.353. The molecule has 6 heteroatoms. The van der Waals surface area contributed by atoms with Gasteiger partial charge >= 0.3 is 0 Å². The normalized spacial score (nSPS) is 11.1. The number of Topliss-reactive ketones (excluding diaryl/α,β-unsaturated/α-hetero) is 1. The number of non-ortho nitro benzene ring substituents is 1. The monoisotopic (exact) mass is 293 g/mol. The molecular formula is C15H23N3O3. The number of carbonyl (C=O) groups excluding carboxylic acids is 1. The number of benzene rings is 1. The highest BCUT2D eigenvalue weighted by Gasteiger charge is 2.14. The molecule has 0 aromatic heterocycles. The Bertz CT molecular complexity index is 489. The zero-order valence-corrected chi connectivity index (χ0v) is 12.9. The van der Waals surface area contributed by atoms with Crippen LogP contribution in [0.5, 0.6) is 0 Å². The number of nitrogens with zero attached hydrogens (tertiary/aromatic N) is 3. The van der Waals surface area contributed by atoms with Gasteiger partial charge in [0.15, 0.2) is 5.78 Å². The summed E-state index contributed by atoms with van der Waals surface area (Å²) in [6.45, 7) is 4.91. The van der Waals surface area contributed by atoms with Gasteiger partial charge in [0.05, 0.1) is 11.5 Å². The largest absolute Gasteiger partial charge is 0.309 e. The van der Waals surface area contributed by atoms with Crippen molar-refractivity contribution >= 4 is 11.5 Å². The number of nitro benzene ring substituents is 1. The minimum atomic E-state index is -0.481. The maximum Gasteiger partial charge on any atom is 0.270 e. The molecule has 0 aliphatic rings. The molecule has 1 rings (SSSR count). The second kappa shape index (κ2) is 8.49. The molecule has 0 atom stereocenters. The molecule has 1 aromatic rings. The van der Waals surface area contributed by atoms with Crippen molar-refractivity contribution in [2.45, 2.75) is 13.3 Å². The van der Waals surface area contributed by atoms with Crippen LogP contribution in [-0.4, -0.2) is 60.8 Å². The van der Waals surface area contributed by atoms with E-state index in [4.69, 9.17) is 0 Å². The molecule has 0 amide bonds. The Morgan fingerprint density at radius 1 is 1.29 bits per heavy atom. The van der Waals surface area contributed by atoms with Gasteiger partial charge in [-0.15, -0.1) is 0 Å². The fraction of sp³-hybridized carbons (Fsp3) is 0.533. The number of rotatable bonds is 9. The number of nitro groups is 1. The highest BCUT2D eigenvalue weighted by atomic mass is 16.6. The minimum Gasteiger partial charge on any atom is -0.309 e. The molecule has 0 unspecified atom stereocenters.